The van der Waals surface area contributed by atoms with Gasteiger partial charge in [-0.1, -0.05) is 6.07 Å². The number of aryl methyl sites for hydroxylation is 3. The number of carbonyl (C=O) groups excluding carboxylic acids is 1. The number of carbonyl (C=O) groups is 1. The van der Waals surface area contributed by atoms with Gasteiger partial charge in [-0.05, 0) is 69.0 Å². The van der Waals surface area contributed by atoms with Crippen LogP contribution in [0.1, 0.15) is 40.0 Å². The van der Waals surface area contributed by atoms with E-state index in [0.29, 0.717) is 11.2 Å². The highest BCUT2D eigenvalue weighted by Gasteiger charge is 2.24. The Bertz CT molecular complexity index is 1000. The van der Waals surface area contributed by atoms with E-state index in [1.54, 1.807) is 6.20 Å². The summed E-state index contributed by atoms with van der Waals surface area (Å²) in [4.78, 5) is 24.1. The van der Waals surface area contributed by atoms with Crippen molar-refractivity contribution in [3.63, 3.8) is 0 Å². The maximum Gasteiger partial charge on any atom is 0.257 e. The summed E-state index contributed by atoms with van der Waals surface area (Å²) < 4.78 is 0. The second-order valence-corrected chi connectivity index (χ2v) is 7.37. The first kappa shape index (κ1) is 17.5. The van der Waals surface area contributed by atoms with E-state index in [9.17, 15) is 4.79 Å². The minimum atomic E-state index is 0.0364. The summed E-state index contributed by atoms with van der Waals surface area (Å²) in [6.07, 6.45) is 3.79. The van der Waals surface area contributed by atoms with Gasteiger partial charge in [-0.15, -0.1) is 0 Å². The van der Waals surface area contributed by atoms with E-state index in [1.165, 1.54) is 11.1 Å². The number of benzene rings is 1. The summed E-state index contributed by atoms with van der Waals surface area (Å²) in [6.45, 7) is 7.72. The van der Waals surface area contributed by atoms with Gasteiger partial charge in [-0.2, -0.15) is 0 Å². The zero-order chi connectivity index (χ0) is 19.0. The standard InChI is InChI=1S/C22H24N4O/c1-14-10-15(2)12-17(11-14)25-20-18-7-6-16(3)24-21(18)23-13-19(20)22(27)26-8-4-5-9-26/h6-7,10-13H,4-5,8-9H2,1-3H3,(H,23,24,25). The third kappa shape index (κ3) is 3.50. The predicted molar refractivity (Wildman–Crippen MR) is 109 cm³/mol. The van der Waals surface area contributed by atoms with Crippen molar-refractivity contribution < 1.29 is 4.79 Å². The Morgan fingerprint density at radius 3 is 2.44 bits per heavy atom. The van der Waals surface area contributed by atoms with Crippen LogP contribution in [-0.4, -0.2) is 33.9 Å². The number of rotatable bonds is 3. The van der Waals surface area contributed by atoms with E-state index in [-0.39, 0.29) is 5.91 Å². The smallest absolute Gasteiger partial charge is 0.257 e. The molecule has 1 saturated heterocycles. The van der Waals surface area contributed by atoms with Crippen molar-refractivity contribution in [1.82, 2.24) is 14.9 Å². The van der Waals surface area contributed by atoms with Crippen LogP contribution in [0.15, 0.2) is 36.5 Å². The van der Waals surface area contributed by atoms with Gasteiger partial charge in [0.2, 0.25) is 0 Å². The third-order valence-electron chi connectivity index (χ3n) is 4.98. The second-order valence-electron chi connectivity index (χ2n) is 7.37. The highest BCUT2D eigenvalue weighted by Crippen LogP contribution is 2.31. The number of fused-ring (bicyclic) bond motifs is 1. The highest BCUT2D eigenvalue weighted by molar-refractivity contribution is 6.07. The molecule has 0 aliphatic carbocycles. The molecule has 1 N–H and O–H groups in total. The van der Waals surface area contributed by atoms with Gasteiger partial charge >= 0.3 is 0 Å². The average molecular weight is 360 g/mol. The number of nitrogens with one attached hydrogen (secondary N) is 1. The normalized spacial score (nSPS) is 14.0. The summed E-state index contributed by atoms with van der Waals surface area (Å²) in [5.41, 5.74) is 6.28. The van der Waals surface area contributed by atoms with Gasteiger partial charge in [0.25, 0.3) is 5.91 Å². The molecule has 0 spiro atoms. The first-order valence-electron chi connectivity index (χ1n) is 9.42. The molecule has 4 rings (SSSR count). The van der Waals surface area contributed by atoms with Crippen LogP contribution in [-0.2, 0) is 0 Å². The van der Waals surface area contributed by atoms with Gasteiger partial charge in [0.15, 0.2) is 5.65 Å². The Morgan fingerprint density at radius 2 is 1.74 bits per heavy atom. The van der Waals surface area contributed by atoms with E-state index in [1.807, 2.05) is 24.0 Å². The molecular weight excluding hydrogens is 336 g/mol. The molecule has 3 aromatic rings. The maximum atomic E-state index is 13.1. The Labute approximate surface area is 159 Å². The van der Waals surface area contributed by atoms with E-state index in [2.05, 4.69) is 47.3 Å². The number of nitrogens with zero attached hydrogens (tertiary/aromatic N) is 3. The van der Waals surface area contributed by atoms with Gasteiger partial charge < -0.3 is 10.2 Å². The third-order valence-corrected chi connectivity index (χ3v) is 4.98. The van der Waals surface area contributed by atoms with Gasteiger partial charge in [0.1, 0.15) is 0 Å². The Morgan fingerprint density at radius 1 is 1.04 bits per heavy atom. The van der Waals surface area contributed by atoms with Crippen LogP contribution in [0.5, 0.6) is 0 Å². The first-order chi connectivity index (χ1) is 13.0. The minimum absolute atomic E-state index is 0.0364. The fraction of sp³-hybridized carbons (Fsp3) is 0.318. The number of hydrogen-bond donors (Lipinski definition) is 1. The lowest BCUT2D eigenvalue weighted by Gasteiger charge is -2.19. The quantitative estimate of drug-likeness (QED) is 0.745. The van der Waals surface area contributed by atoms with E-state index >= 15 is 0 Å². The zero-order valence-corrected chi connectivity index (χ0v) is 16.0. The molecule has 1 aliphatic rings. The van der Waals surface area contributed by atoms with E-state index in [0.717, 1.165) is 48.4 Å². The Hall–Kier alpha value is -2.95. The molecule has 5 nitrogen and oxygen atoms in total. The molecule has 5 heteroatoms. The topological polar surface area (TPSA) is 58.1 Å². The molecule has 0 saturated carbocycles. The van der Waals surface area contributed by atoms with Crippen LogP contribution in [0.2, 0.25) is 0 Å². The van der Waals surface area contributed by atoms with Gasteiger partial charge in [0.05, 0.1) is 11.3 Å². The lowest BCUT2D eigenvalue weighted by molar-refractivity contribution is 0.0793. The molecule has 1 amide bonds. The van der Waals surface area contributed by atoms with Crippen LogP contribution >= 0.6 is 0 Å². The van der Waals surface area contributed by atoms with Crippen molar-refractivity contribution in [2.24, 2.45) is 0 Å². The number of amides is 1. The lowest BCUT2D eigenvalue weighted by atomic mass is 10.1. The van der Waals surface area contributed by atoms with Crippen molar-refractivity contribution in [3.8, 4) is 0 Å². The van der Waals surface area contributed by atoms with Crippen LogP contribution in [0.4, 0.5) is 11.4 Å². The number of pyridine rings is 2. The largest absolute Gasteiger partial charge is 0.354 e. The molecule has 0 bridgehead atoms. The average Bonchev–Trinajstić information content (AvgIpc) is 3.15. The molecule has 3 heterocycles. The molecule has 27 heavy (non-hydrogen) atoms. The van der Waals surface area contributed by atoms with Crippen LogP contribution in [0, 0.1) is 20.8 Å². The summed E-state index contributed by atoms with van der Waals surface area (Å²) >= 11 is 0. The zero-order valence-electron chi connectivity index (χ0n) is 16.0. The molecule has 0 atom stereocenters. The molecule has 138 valence electrons. The van der Waals surface area contributed by atoms with Crippen LogP contribution < -0.4 is 5.32 Å². The number of aromatic nitrogens is 2. The molecule has 0 unspecified atom stereocenters. The summed E-state index contributed by atoms with van der Waals surface area (Å²) in [7, 11) is 0. The minimum Gasteiger partial charge on any atom is -0.354 e. The number of hydrogen-bond acceptors (Lipinski definition) is 4. The second kappa shape index (κ2) is 6.99. The fourth-order valence-electron chi connectivity index (χ4n) is 3.75. The molecule has 0 radical (unpaired) electrons. The van der Waals surface area contributed by atoms with Gasteiger partial charge in [-0.3, -0.25) is 4.79 Å². The van der Waals surface area contributed by atoms with Crippen molar-refractivity contribution in [2.75, 3.05) is 18.4 Å². The van der Waals surface area contributed by atoms with Gasteiger partial charge in [0, 0.05) is 36.1 Å². The predicted octanol–water partition coefficient (Wildman–Crippen LogP) is 4.53. The molecule has 1 aliphatic heterocycles. The monoisotopic (exact) mass is 360 g/mol. The van der Waals surface area contributed by atoms with E-state index in [4.69, 9.17) is 0 Å². The maximum absolute atomic E-state index is 13.1. The summed E-state index contributed by atoms with van der Waals surface area (Å²) in [5.74, 6) is 0.0364. The van der Waals surface area contributed by atoms with Crippen molar-refractivity contribution >= 4 is 28.3 Å². The molecule has 1 aromatic carbocycles. The summed E-state index contributed by atoms with van der Waals surface area (Å²) in [5, 5.41) is 4.36. The SMILES string of the molecule is Cc1cc(C)cc(Nc2c(C(=O)N3CCCC3)cnc3nc(C)ccc23)c1. The molecule has 2 aromatic heterocycles. The number of anilines is 2. The van der Waals surface area contributed by atoms with Gasteiger partial charge in [-0.25, -0.2) is 9.97 Å². The Kier molecular flexibility index (Phi) is 4.52. The number of likely N-dealkylation sites (tertiary alicyclic amines) is 1. The fourth-order valence-corrected chi connectivity index (χ4v) is 3.75. The highest BCUT2D eigenvalue weighted by atomic mass is 16.2. The van der Waals surface area contributed by atoms with Crippen molar-refractivity contribution in [3.05, 3.63) is 58.9 Å². The summed E-state index contributed by atoms with van der Waals surface area (Å²) in [6, 6.07) is 10.3. The Balaban J connectivity index is 1.85. The van der Waals surface area contributed by atoms with Crippen LogP contribution in [0.25, 0.3) is 11.0 Å². The molecule has 1 fully saturated rings. The lowest BCUT2D eigenvalue weighted by Crippen LogP contribution is -2.28. The molecular formula is C22H24N4O. The van der Waals surface area contributed by atoms with E-state index < -0.39 is 0 Å². The van der Waals surface area contributed by atoms with Crippen LogP contribution in [0.3, 0.4) is 0 Å². The first-order valence-corrected chi connectivity index (χ1v) is 9.42. The van der Waals surface area contributed by atoms with Crippen molar-refractivity contribution in [2.45, 2.75) is 33.6 Å². The van der Waals surface area contributed by atoms with Crippen molar-refractivity contribution in [1.29, 1.82) is 0 Å².